The van der Waals surface area contributed by atoms with Crippen molar-refractivity contribution in [1.82, 2.24) is 25.6 Å². The fourth-order valence-electron chi connectivity index (χ4n) is 3.93. The van der Waals surface area contributed by atoms with Gasteiger partial charge in [-0.1, -0.05) is 42.5 Å². The van der Waals surface area contributed by atoms with Gasteiger partial charge >= 0.3 is 0 Å². The van der Waals surface area contributed by atoms with Crippen LogP contribution in [0.4, 0.5) is 4.39 Å². The van der Waals surface area contributed by atoms with Crippen molar-refractivity contribution in [3.8, 4) is 0 Å². The van der Waals surface area contributed by atoms with Crippen LogP contribution in [-0.4, -0.2) is 39.9 Å². The number of guanidine groups is 1. The lowest BCUT2D eigenvalue weighted by molar-refractivity contribution is 0.0975. The van der Waals surface area contributed by atoms with Gasteiger partial charge in [-0.25, -0.2) is 9.37 Å². The second-order valence-electron chi connectivity index (χ2n) is 8.28. The molecule has 1 unspecified atom stereocenters. The number of carbonyl (C=O) groups is 1. The number of hydrogen-bond acceptors (Lipinski definition) is 4. The van der Waals surface area contributed by atoms with E-state index < -0.39 is 0 Å². The second-order valence-corrected chi connectivity index (χ2v) is 8.28. The number of nitrogens with zero attached hydrogens (tertiary/aromatic N) is 3. The third-order valence-corrected chi connectivity index (χ3v) is 5.75. The summed E-state index contributed by atoms with van der Waals surface area (Å²) in [6.45, 7) is 0.984. The lowest BCUT2D eigenvalue weighted by Crippen LogP contribution is -2.42. The number of halogens is 1. The maximum absolute atomic E-state index is 14.7. The number of amides is 1. The molecule has 0 radical (unpaired) electrons. The van der Waals surface area contributed by atoms with Crippen LogP contribution in [0.15, 0.2) is 96.5 Å². The molecule has 0 bridgehead atoms. The quantitative estimate of drug-likeness (QED) is 0.176. The first-order chi connectivity index (χ1) is 17.7. The van der Waals surface area contributed by atoms with Crippen LogP contribution in [-0.2, 0) is 6.42 Å². The van der Waals surface area contributed by atoms with E-state index in [0.717, 1.165) is 24.2 Å². The van der Waals surface area contributed by atoms with E-state index >= 15 is 0 Å². The minimum atomic E-state index is -0.266. The zero-order valence-corrected chi connectivity index (χ0v) is 19.9. The van der Waals surface area contributed by atoms with Gasteiger partial charge in [0.25, 0.3) is 5.91 Å². The Balaban J connectivity index is 1.44. The molecule has 0 fully saturated rings. The van der Waals surface area contributed by atoms with E-state index in [9.17, 15) is 9.18 Å². The van der Waals surface area contributed by atoms with Crippen molar-refractivity contribution in [3.63, 3.8) is 0 Å². The lowest BCUT2D eigenvalue weighted by Gasteiger charge is -2.19. The predicted octanol–water partition coefficient (Wildman–Crippen LogP) is 4.47. The van der Waals surface area contributed by atoms with Crippen LogP contribution in [0.25, 0.3) is 0 Å². The fourth-order valence-corrected chi connectivity index (χ4v) is 3.93. The summed E-state index contributed by atoms with van der Waals surface area (Å²) in [5, 5.41) is 6.13. The third-order valence-electron chi connectivity index (χ3n) is 5.75. The van der Waals surface area contributed by atoms with Gasteiger partial charge in [0.2, 0.25) is 0 Å². The first kappa shape index (κ1) is 24.8. The Morgan fingerprint density at radius 3 is 2.58 bits per heavy atom. The van der Waals surface area contributed by atoms with Gasteiger partial charge in [0.15, 0.2) is 5.96 Å². The molecule has 0 saturated heterocycles. The van der Waals surface area contributed by atoms with E-state index in [4.69, 9.17) is 0 Å². The molecule has 4 aromatic rings. The monoisotopic (exact) mass is 484 g/mol. The molecule has 1 amide bonds. The molecule has 0 spiro atoms. The van der Waals surface area contributed by atoms with Crippen LogP contribution in [0, 0.1) is 5.82 Å². The highest BCUT2D eigenvalue weighted by atomic mass is 19.1. The highest BCUT2D eigenvalue weighted by Crippen LogP contribution is 2.28. The van der Waals surface area contributed by atoms with Gasteiger partial charge in [-0.15, -0.1) is 0 Å². The zero-order valence-electron chi connectivity index (χ0n) is 19.9. The van der Waals surface area contributed by atoms with Gasteiger partial charge in [-0.2, -0.15) is 0 Å². The molecular weight excluding hydrogens is 455 g/mol. The Labute approximate surface area is 209 Å². The Morgan fingerprint density at radius 1 is 1.03 bits per heavy atom. The number of carbonyl (C=O) groups excluding carboxylic acids is 1. The molecule has 8 heteroatoms. The van der Waals surface area contributed by atoms with Crippen LogP contribution >= 0.6 is 0 Å². The van der Waals surface area contributed by atoms with E-state index in [-0.39, 0.29) is 17.6 Å². The Hall–Kier alpha value is -4.33. The lowest BCUT2D eigenvalue weighted by atomic mass is 9.91. The van der Waals surface area contributed by atoms with E-state index in [1.54, 1.807) is 43.0 Å². The summed E-state index contributed by atoms with van der Waals surface area (Å²) in [5.74, 6) is -0.364. The van der Waals surface area contributed by atoms with Crippen LogP contribution in [0.2, 0.25) is 0 Å². The number of nitrogens with one attached hydrogen (secondary N) is 3. The smallest absolute Gasteiger partial charge is 0.257 e. The molecule has 2 aromatic heterocycles. The van der Waals surface area contributed by atoms with Crippen LogP contribution in [0.1, 0.15) is 46.1 Å². The fraction of sp³-hybridized carbons (Fsp3) is 0.214. The number of aromatic amines is 1. The van der Waals surface area contributed by atoms with Crippen molar-refractivity contribution < 1.29 is 9.18 Å². The van der Waals surface area contributed by atoms with Crippen molar-refractivity contribution in [2.45, 2.75) is 25.2 Å². The first-order valence-electron chi connectivity index (χ1n) is 12.0. The summed E-state index contributed by atoms with van der Waals surface area (Å²) in [6, 6.07) is 21.4. The van der Waals surface area contributed by atoms with Crippen molar-refractivity contribution >= 4 is 11.9 Å². The highest BCUT2D eigenvalue weighted by molar-refractivity contribution is 6.05. The van der Waals surface area contributed by atoms with Crippen molar-refractivity contribution in [1.29, 1.82) is 0 Å². The molecule has 0 aliphatic carbocycles. The average Bonchev–Trinajstić information content (AvgIpc) is 3.44. The largest absolute Gasteiger partial charge is 0.356 e. The van der Waals surface area contributed by atoms with Crippen LogP contribution in [0.3, 0.4) is 0 Å². The van der Waals surface area contributed by atoms with Gasteiger partial charge in [0.1, 0.15) is 5.82 Å². The number of imidazole rings is 1. The molecule has 2 aromatic carbocycles. The molecule has 0 aliphatic heterocycles. The van der Waals surface area contributed by atoms with Gasteiger partial charge in [0.05, 0.1) is 6.33 Å². The molecule has 3 N–H and O–H groups in total. The first-order valence-corrected chi connectivity index (χ1v) is 12.0. The SMILES string of the molecule is O=C(NC(=NCCCc1cnc[nH]1)NCCC(c1ccccn1)c1ccccc1F)c1ccccc1. The minimum Gasteiger partial charge on any atom is -0.356 e. The number of benzene rings is 2. The zero-order chi connectivity index (χ0) is 25.0. The van der Waals surface area contributed by atoms with Crippen LogP contribution < -0.4 is 10.6 Å². The average molecular weight is 485 g/mol. The minimum absolute atomic E-state index is 0.244. The molecule has 0 saturated carbocycles. The molecule has 7 nitrogen and oxygen atoms in total. The number of aliphatic imine (C=N–C) groups is 1. The van der Waals surface area contributed by atoms with Gasteiger partial charge in [-0.3, -0.25) is 20.1 Å². The number of rotatable bonds is 10. The van der Waals surface area contributed by atoms with Crippen molar-refractivity contribution in [2.75, 3.05) is 13.1 Å². The Morgan fingerprint density at radius 2 is 1.83 bits per heavy atom. The molecule has 184 valence electrons. The molecule has 1 atom stereocenters. The molecule has 36 heavy (non-hydrogen) atoms. The highest BCUT2D eigenvalue weighted by Gasteiger charge is 2.19. The summed E-state index contributed by atoms with van der Waals surface area (Å²) < 4.78 is 14.7. The van der Waals surface area contributed by atoms with E-state index in [1.165, 1.54) is 6.07 Å². The van der Waals surface area contributed by atoms with Crippen molar-refractivity contribution in [3.05, 3.63) is 120 Å². The summed E-state index contributed by atoms with van der Waals surface area (Å²) in [7, 11) is 0. The third kappa shape index (κ3) is 7.09. The van der Waals surface area contributed by atoms with Gasteiger partial charge in [0, 0.05) is 48.4 Å². The topological polar surface area (TPSA) is 95.1 Å². The second kappa shape index (κ2) is 12.9. The predicted molar refractivity (Wildman–Crippen MR) is 138 cm³/mol. The van der Waals surface area contributed by atoms with E-state index in [0.29, 0.717) is 36.6 Å². The number of pyridine rings is 1. The number of aromatic nitrogens is 3. The summed E-state index contributed by atoms with van der Waals surface area (Å²) in [5.41, 5.74) is 2.96. The molecular formula is C28H29FN6O. The van der Waals surface area contributed by atoms with E-state index in [1.807, 2.05) is 42.5 Å². The van der Waals surface area contributed by atoms with Crippen molar-refractivity contribution in [2.24, 2.45) is 4.99 Å². The number of aryl methyl sites for hydroxylation is 1. The standard InChI is InChI=1S/C28H29FN6O/c29-25-13-5-4-12-23(25)24(26-14-6-7-16-31-26)15-18-33-28(32-17-8-11-22-19-30-20-34-22)35-27(36)21-9-2-1-3-10-21/h1-7,9-10,12-14,16,19-20,24H,8,11,15,17-18H2,(H,30,34)(H2,32,33,35,36). The van der Waals surface area contributed by atoms with Gasteiger partial charge in [-0.05, 0) is 55.2 Å². The van der Waals surface area contributed by atoms with Gasteiger partial charge < -0.3 is 10.3 Å². The maximum atomic E-state index is 14.7. The molecule has 2 heterocycles. The number of H-pyrrole nitrogens is 1. The number of hydrogen-bond donors (Lipinski definition) is 3. The Bertz CT molecular complexity index is 1250. The molecule has 4 rings (SSSR count). The Kier molecular flexibility index (Phi) is 8.91. The normalized spacial score (nSPS) is 12.2. The summed E-state index contributed by atoms with van der Waals surface area (Å²) in [6.07, 6.45) is 7.31. The summed E-state index contributed by atoms with van der Waals surface area (Å²) in [4.78, 5) is 28.9. The van der Waals surface area contributed by atoms with E-state index in [2.05, 4.69) is 30.6 Å². The molecule has 0 aliphatic rings. The van der Waals surface area contributed by atoms with Crippen LogP contribution in [0.5, 0.6) is 0 Å². The maximum Gasteiger partial charge on any atom is 0.257 e. The summed E-state index contributed by atoms with van der Waals surface area (Å²) >= 11 is 0.